The Kier molecular flexibility index (Phi) is 8.53. The van der Waals surface area contributed by atoms with E-state index < -0.39 is 18.0 Å². The summed E-state index contributed by atoms with van der Waals surface area (Å²) in [5, 5.41) is 0.401. The number of rotatable bonds is 11. The summed E-state index contributed by atoms with van der Waals surface area (Å²) in [6.45, 7) is 1.34. The van der Waals surface area contributed by atoms with Gasteiger partial charge in [-0.15, -0.1) is 0 Å². The summed E-state index contributed by atoms with van der Waals surface area (Å²) >= 11 is 0. The molecular weight excluding hydrogens is 302 g/mol. The van der Waals surface area contributed by atoms with Crippen LogP contribution in [0.25, 0.3) is 0 Å². The minimum absolute atomic E-state index is 0.0209. The molecule has 0 saturated carbocycles. The van der Waals surface area contributed by atoms with Crippen molar-refractivity contribution < 1.29 is 43.0 Å². The Labute approximate surface area is 126 Å². The summed E-state index contributed by atoms with van der Waals surface area (Å²) in [5.74, 6) is -1.15. The Morgan fingerprint density at radius 2 is 1.50 bits per heavy atom. The van der Waals surface area contributed by atoms with Gasteiger partial charge in [0.25, 0.3) is 18.3 Å². The van der Waals surface area contributed by atoms with Crippen LogP contribution in [0.5, 0.6) is 0 Å². The highest BCUT2D eigenvalue weighted by Gasteiger charge is 2.33. The SMILES string of the molecule is O=COCCOCCOCCOC(=O)ON1C(=O)CCC1=O. The number of nitrogens with zero attached hydrogens (tertiary/aromatic N) is 1. The van der Waals surface area contributed by atoms with Gasteiger partial charge < -0.3 is 18.9 Å². The van der Waals surface area contributed by atoms with E-state index in [2.05, 4.69) is 14.3 Å². The highest BCUT2D eigenvalue weighted by atomic mass is 16.8. The molecule has 1 rings (SSSR count). The second kappa shape index (κ2) is 10.5. The first kappa shape index (κ1) is 17.9. The molecule has 22 heavy (non-hydrogen) atoms. The fraction of sp³-hybridized carbons (Fsp3) is 0.667. The molecule has 2 amide bonds. The first-order chi connectivity index (χ1) is 10.6. The van der Waals surface area contributed by atoms with Crippen molar-refractivity contribution in [3.63, 3.8) is 0 Å². The molecule has 0 radical (unpaired) electrons. The molecule has 1 heterocycles. The zero-order valence-electron chi connectivity index (χ0n) is 11.9. The largest absolute Gasteiger partial charge is 0.534 e. The van der Waals surface area contributed by atoms with E-state index in [9.17, 15) is 19.2 Å². The van der Waals surface area contributed by atoms with Crippen LogP contribution in [0.3, 0.4) is 0 Å². The molecule has 1 fully saturated rings. The molecule has 0 atom stereocenters. The molecule has 0 spiro atoms. The maximum atomic E-state index is 11.2. The Hall–Kier alpha value is -2.20. The Balaban J connectivity index is 1.94. The molecule has 0 bridgehead atoms. The van der Waals surface area contributed by atoms with E-state index >= 15 is 0 Å². The van der Waals surface area contributed by atoms with Crippen LogP contribution in [0.4, 0.5) is 4.79 Å². The number of imide groups is 1. The van der Waals surface area contributed by atoms with Crippen molar-refractivity contribution in [1.29, 1.82) is 0 Å². The molecule has 1 saturated heterocycles. The van der Waals surface area contributed by atoms with Crippen LogP contribution in [0.15, 0.2) is 0 Å². The lowest BCUT2D eigenvalue weighted by Crippen LogP contribution is -2.32. The molecular formula is C12H17NO9. The molecule has 0 aromatic rings. The van der Waals surface area contributed by atoms with E-state index in [-0.39, 0.29) is 45.9 Å². The van der Waals surface area contributed by atoms with Crippen LogP contribution in [0.1, 0.15) is 12.8 Å². The van der Waals surface area contributed by atoms with Gasteiger partial charge in [0, 0.05) is 12.8 Å². The van der Waals surface area contributed by atoms with Crippen LogP contribution >= 0.6 is 0 Å². The monoisotopic (exact) mass is 319 g/mol. The van der Waals surface area contributed by atoms with Crippen molar-refractivity contribution in [3.8, 4) is 0 Å². The molecule has 124 valence electrons. The third-order valence-corrected chi connectivity index (χ3v) is 2.40. The molecule has 0 aliphatic carbocycles. The van der Waals surface area contributed by atoms with Gasteiger partial charge in [0.2, 0.25) is 0 Å². The lowest BCUT2D eigenvalue weighted by atomic mass is 10.4. The van der Waals surface area contributed by atoms with Gasteiger partial charge in [-0.25, -0.2) is 4.79 Å². The van der Waals surface area contributed by atoms with Crippen LogP contribution in [-0.4, -0.2) is 69.1 Å². The zero-order valence-corrected chi connectivity index (χ0v) is 11.9. The van der Waals surface area contributed by atoms with Gasteiger partial charge in [0.05, 0.1) is 26.4 Å². The normalized spacial score (nSPS) is 14.1. The number of carbonyl (C=O) groups is 4. The molecule has 0 unspecified atom stereocenters. The number of hydroxylamine groups is 2. The molecule has 0 aromatic carbocycles. The zero-order chi connectivity index (χ0) is 16.2. The van der Waals surface area contributed by atoms with E-state index in [4.69, 9.17) is 9.47 Å². The lowest BCUT2D eigenvalue weighted by Gasteiger charge is -2.12. The highest BCUT2D eigenvalue weighted by Crippen LogP contribution is 2.12. The minimum atomic E-state index is -1.14. The average molecular weight is 319 g/mol. The van der Waals surface area contributed by atoms with E-state index in [0.717, 1.165) is 0 Å². The maximum absolute atomic E-state index is 11.2. The number of hydrogen-bond acceptors (Lipinski definition) is 9. The van der Waals surface area contributed by atoms with Crippen molar-refractivity contribution in [1.82, 2.24) is 5.06 Å². The van der Waals surface area contributed by atoms with Gasteiger partial charge in [-0.1, -0.05) is 5.06 Å². The molecule has 1 aliphatic heterocycles. The summed E-state index contributed by atoms with van der Waals surface area (Å²) in [5.41, 5.74) is 0. The standard InChI is InChI=1S/C12H17NO9/c14-9-20-6-5-18-3-4-19-7-8-21-12(17)22-13-10(15)1-2-11(13)16/h9H,1-8H2. The molecule has 1 aliphatic rings. The van der Waals surface area contributed by atoms with Crippen LogP contribution in [0.2, 0.25) is 0 Å². The Morgan fingerprint density at radius 1 is 0.955 bits per heavy atom. The van der Waals surface area contributed by atoms with Gasteiger partial charge in [-0.3, -0.25) is 19.2 Å². The quantitative estimate of drug-likeness (QED) is 0.213. The van der Waals surface area contributed by atoms with Crippen molar-refractivity contribution in [2.75, 3.05) is 39.6 Å². The molecule has 10 nitrogen and oxygen atoms in total. The fourth-order valence-corrected chi connectivity index (χ4v) is 1.42. The van der Waals surface area contributed by atoms with E-state index in [1.54, 1.807) is 0 Å². The van der Waals surface area contributed by atoms with Crippen molar-refractivity contribution >= 4 is 24.4 Å². The first-order valence-electron chi connectivity index (χ1n) is 6.56. The van der Waals surface area contributed by atoms with E-state index in [1.807, 2.05) is 0 Å². The smallest absolute Gasteiger partial charge is 0.465 e. The average Bonchev–Trinajstić information content (AvgIpc) is 2.81. The second-order valence-corrected chi connectivity index (χ2v) is 3.96. The van der Waals surface area contributed by atoms with Gasteiger partial charge in [-0.05, 0) is 0 Å². The van der Waals surface area contributed by atoms with Crippen molar-refractivity contribution in [3.05, 3.63) is 0 Å². The van der Waals surface area contributed by atoms with Crippen LogP contribution in [0, 0.1) is 0 Å². The van der Waals surface area contributed by atoms with Crippen LogP contribution in [-0.2, 0) is 38.2 Å². The Bertz CT molecular complexity index is 382. The van der Waals surface area contributed by atoms with Crippen LogP contribution < -0.4 is 0 Å². The summed E-state index contributed by atoms with van der Waals surface area (Å²) in [4.78, 5) is 47.8. The van der Waals surface area contributed by atoms with E-state index in [0.29, 0.717) is 18.1 Å². The Morgan fingerprint density at radius 3 is 2.09 bits per heavy atom. The van der Waals surface area contributed by atoms with Gasteiger partial charge in [-0.2, -0.15) is 0 Å². The highest BCUT2D eigenvalue weighted by molar-refractivity contribution is 6.01. The predicted octanol–water partition coefficient (Wildman–Crippen LogP) is -0.590. The molecule has 0 N–H and O–H groups in total. The second-order valence-electron chi connectivity index (χ2n) is 3.96. The lowest BCUT2D eigenvalue weighted by molar-refractivity contribution is -0.177. The number of hydrogen-bond donors (Lipinski definition) is 0. The maximum Gasteiger partial charge on any atom is 0.534 e. The van der Waals surface area contributed by atoms with Gasteiger partial charge in [0.1, 0.15) is 13.2 Å². The fourth-order valence-electron chi connectivity index (χ4n) is 1.42. The summed E-state index contributed by atoms with van der Waals surface area (Å²) in [6.07, 6.45) is -1.10. The number of ether oxygens (including phenoxy) is 4. The summed E-state index contributed by atoms with van der Waals surface area (Å²) < 4.78 is 19.2. The predicted molar refractivity (Wildman–Crippen MR) is 67.2 cm³/mol. The third kappa shape index (κ3) is 6.99. The summed E-state index contributed by atoms with van der Waals surface area (Å²) in [7, 11) is 0. The van der Waals surface area contributed by atoms with Gasteiger partial charge >= 0.3 is 6.16 Å². The summed E-state index contributed by atoms with van der Waals surface area (Å²) in [6, 6.07) is 0. The number of carbonyl (C=O) groups excluding carboxylic acids is 4. The third-order valence-electron chi connectivity index (χ3n) is 2.40. The van der Waals surface area contributed by atoms with E-state index in [1.165, 1.54) is 0 Å². The van der Waals surface area contributed by atoms with Crippen molar-refractivity contribution in [2.24, 2.45) is 0 Å². The molecule has 10 heteroatoms. The van der Waals surface area contributed by atoms with Crippen molar-refractivity contribution in [2.45, 2.75) is 12.8 Å². The first-order valence-corrected chi connectivity index (χ1v) is 6.56. The number of amides is 2. The topological polar surface area (TPSA) is 118 Å². The van der Waals surface area contributed by atoms with Gasteiger partial charge in [0.15, 0.2) is 0 Å². The minimum Gasteiger partial charge on any atom is -0.465 e. The molecule has 0 aromatic heterocycles.